The van der Waals surface area contributed by atoms with Crippen LogP contribution in [0.4, 0.5) is 5.69 Å². The molecule has 106 valence electrons. The number of methoxy groups -OCH3 is 1. The molecule has 1 atom stereocenters. The van der Waals surface area contributed by atoms with Gasteiger partial charge in [-0.1, -0.05) is 35.0 Å². The molecule has 2 rings (SSSR count). The Kier molecular flexibility index (Phi) is 5.49. The van der Waals surface area contributed by atoms with Crippen molar-refractivity contribution >= 4 is 37.5 Å². The molecule has 1 N–H and O–H groups in total. The first kappa shape index (κ1) is 15.4. The molecule has 0 saturated carbocycles. The van der Waals surface area contributed by atoms with Gasteiger partial charge in [0.25, 0.3) is 0 Å². The van der Waals surface area contributed by atoms with Gasteiger partial charge in [0.1, 0.15) is 5.75 Å². The number of hydrogen-bond donors (Lipinski definition) is 1. The molecule has 0 fully saturated rings. The van der Waals surface area contributed by atoms with Crippen LogP contribution in [0.25, 0.3) is 0 Å². The Morgan fingerprint density at radius 2 is 1.80 bits per heavy atom. The maximum absolute atomic E-state index is 5.33. The Labute approximate surface area is 136 Å². The Morgan fingerprint density at radius 1 is 1.10 bits per heavy atom. The van der Waals surface area contributed by atoms with E-state index >= 15 is 0 Å². The summed E-state index contributed by atoms with van der Waals surface area (Å²) in [6.45, 7) is 2.18. The molecule has 1 unspecified atom stereocenters. The highest BCUT2D eigenvalue weighted by atomic mass is 79.9. The lowest BCUT2D eigenvalue weighted by Gasteiger charge is -2.19. The van der Waals surface area contributed by atoms with Crippen molar-refractivity contribution in [1.82, 2.24) is 0 Å². The van der Waals surface area contributed by atoms with Gasteiger partial charge in [-0.05, 0) is 52.2 Å². The van der Waals surface area contributed by atoms with Crippen LogP contribution in [0.5, 0.6) is 5.75 Å². The molecule has 0 aliphatic rings. The molecule has 20 heavy (non-hydrogen) atoms. The SMILES string of the molecule is CCC(Nc1ccc(Br)c(OC)c1)c1ccc(Br)cc1. The highest BCUT2D eigenvalue weighted by molar-refractivity contribution is 9.10. The zero-order chi connectivity index (χ0) is 14.5. The van der Waals surface area contributed by atoms with Gasteiger partial charge in [0.2, 0.25) is 0 Å². The van der Waals surface area contributed by atoms with Crippen LogP contribution in [-0.4, -0.2) is 7.11 Å². The minimum atomic E-state index is 0.286. The van der Waals surface area contributed by atoms with Crippen LogP contribution in [0.2, 0.25) is 0 Å². The van der Waals surface area contributed by atoms with Gasteiger partial charge in [-0.3, -0.25) is 0 Å². The molecule has 2 aromatic rings. The van der Waals surface area contributed by atoms with E-state index < -0.39 is 0 Å². The van der Waals surface area contributed by atoms with Gasteiger partial charge in [-0.25, -0.2) is 0 Å². The summed E-state index contributed by atoms with van der Waals surface area (Å²) >= 11 is 6.94. The molecule has 4 heteroatoms. The molecular formula is C16H17Br2NO. The topological polar surface area (TPSA) is 21.3 Å². The third-order valence-corrected chi connectivity index (χ3v) is 4.36. The fraction of sp³-hybridized carbons (Fsp3) is 0.250. The van der Waals surface area contributed by atoms with Crippen molar-refractivity contribution in [2.24, 2.45) is 0 Å². The van der Waals surface area contributed by atoms with E-state index in [1.54, 1.807) is 7.11 Å². The Morgan fingerprint density at radius 3 is 2.40 bits per heavy atom. The fourth-order valence-corrected chi connectivity index (χ4v) is 2.74. The largest absolute Gasteiger partial charge is 0.495 e. The van der Waals surface area contributed by atoms with E-state index in [1.807, 2.05) is 18.2 Å². The lowest BCUT2D eigenvalue weighted by atomic mass is 10.0. The second-order valence-electron chi connectivity index (χ2n) is 4.51. The number of halogens is 2. The van der Waals surface area contributed by atoms with Crippen LogP contribution in [0, 0.1) is 0 Å². The van der Waals surface area contributed by atoms with Crippen molar-refractivity contribution in [1.29, 1.82) is 0 Å². The summed E-state index contributed by atoms with van der Waals surface area (Å²) in [4.78, 5) is 0. The van der Waals surface area contributed by atoms with Gasteiger partial charge in [0.05, 0.1) is 17.6 Å². The van der Waals surface area contributed by atoms with E-state index in [0.29, 0.717) is 0 Å². The first-order chi connectivity index (χ1) is 9.63. The Hall–Kier alpha value is -1.00. The van der Waals surface area contributed by atoms with Gasteiger partial charge in [-0.2, -0.15) is 0 Å². The number of anilines is 1. The number of nitrogens with one attached hydrogen (secondary N) is 1. The number of rotatable bonds is 5. The number of hydrogen-bond acceptors (Lipinski definition) is 2. The highest BCUT2D eigenvalue weighted by Crippen LogP contribution is 2.30. The van der Waals surface area contributed by atoms with Crippen molar-refractivity contribution in [3.63, 3.8) is 0 Å². The maximum atomic E-state index is 5.33. The van der Waals surface area contributed by atoms with Gasteiger partial charge >= 0.3 is 0 Å². The normalized spacial score (nSPS) is 12.0. The third kappa shape index (κ3) is 3.76. The summed E-state index contributed by atoms with van der Waals surface area (Å²) < 4.78 is 7.39. The molecule has 2 aromatic carbocycles. The van der Waals surface area contributed by atoms with E-state index in [0.717, 1.165) is 26.8 Å². The summed E-state index contributed by atoms with van der Waals surface area (Å²) in [7, 11) is 1.68. The quantitative estimate of drug-likeness (QED) is 0.688. The molecule has 0 aliphatic heterocycles. The average molecular weight is 399 g/mol. The minimum Gasteiger partial charge on any atom is -0.495 e. The highest BCUT2D eigenvalue weighted by Gasteiger charge is 2.10. The van der Waals surface area contributed by atoms with Gasteiger partial charge in [0, 0.05) is 16.2 Å². The van der Waals surface area contributed by atoms with Crippen LogP contribution < -0.4 is 10.1 Å². The minimum absolute atomic E-state index is 0.286. The van der Waals surface area contributed by atoms with Gasteiger partial charge in [-0.15, -0.1) is 0 Å². The van der Waals surface area contributed by atoms with Gasteiger partial charge in [0.15, 0.2) is 0 Å². The molecule has 2 nitrogen and oxygen atoms in total. The summed E-state index contributed by atoms with van der Waals surface area (Å²) in [6.07, 6.45) is 1.01. The zero-order valence-electron chi connectivity index (χ0n) is 11.5. The summed E-state index contributed by atoms with van der Waals surface area (Å²) in [6, 6.07) is 14.8. The van der Waals surface area contributed by atoms with Crippen LogP contribution in [-0.2, 0) is 0 Å². The summed E-state index contributed by atoms with van der Waals surface area (Å²) in [5.41, 5.74) is 2.33. The van der Waals surface area contributed by atoms with Crippen molar-refractivity contribution in [3.8, 4) is 5.75 Å². The first-order valence-corrected chi connectivity index (χ1v) is 8.08. The molecule has 0 amide bonds. The third-order valence-electron chi connectivity index (χ3n) is 3.17. The van der Waals surface area contributed by atoms with E-state index in [2.05, 4.69) is 68.4 Å². The fourth-order valence-electron chi connectivity index (χ4n) is 2.07. The molecule has 0 spiro atoms. The van der Waals surface area contributed by atoms with Crippen LogP contribution in [0.3, 0.4) is 0 Å². The van der Waals surface area contributed by atoms with E-state index in [-0.39, 0.29) is 6.04 Å². The van der Waals surface area contributed by atoms with Crippen LogP contribution in [0.15, 0.2) is 51.4 Å². The zero-order valence-corrected chi connectivity index (χ0v) is 14.7. The van der Waals surface area contributed by atoms with Crippen LogP contribution in [0.1, 0.15) is 24.9 Å². The first-order valence-electron chi connectivity index (χ1n) is 6.49. The van der Waals surface area contributed by atoms with Crippen molar-refractivity contribution in [2.75, 3.05) is 12.4 Å². The molecule has 0 bridgehead atoms. The lowest BCUT2D eigenvalue weighted by Crippen LogP contribution is -2.09. The van der Waals surface area contributed by atoms with E-state index in [1.165, 1.54) is 5.56 Å². The number of ether oxygens (including phenoxy) is 1. The van der Waals surface area contributed by atoms with Gasteiger partial charge < -0.3 is 10.1 Å². The van der Waals surface area contributed by atoms with Crippen molar-refractivity contribution in [2.45, 2.75) is 19.4 Å². The second-order valence-corrected chi connectivity index (χ2v) is 6.28. The molecular weight excluding hydrogens is 382 g/mol. The molecule has 0 radical (unpaired) electrons. The summed E-state index contributed by atoms with van der Waals surface area (Å²) in [5, 5.41) is 3.55. The van der Waals surface area contributed by atoms with E-state index in [9.17, 15) is 0 Å². The molecule has 0 aromatic heterocycles. The van der Waals surface area contributed by atoms with Crippen molar-refractivity contribution < 1.29 is 4.74 Å². The smallest absolute Gasteiger partial charge is 0.135 e. The summed E-state index contributed by atoms with van der Waals surface area (Å²) in [5.74, 6) is 0.834. The average Bonchev–Trinajstić information content (AvgIpc) is 2.47. The molecule has 0 saturated heterocycles. The number of benzene rings is 2. The van der Waals surface area contributed by atoms with Crippen molar-refractivity contribution in [3.05, 3.63) is 57.0 Å². The predicted octanol–water partition coefficient (Wildman–Crippen LogP) is 5.78. The Balaban J connectivity index is 2.19. The Bertz CT molecular complexity index is 569. The maximum Gasteiger partial charge on any atom is 0.135 e. The predicted molar refractivity (Wildman–Crippen MR) is 91.5 cm³/mol. The lowest BCUT2D eigenvalue weighted by molar-refractivity contribution is 0.412. The van der Waals surface area contributed by atoms with E-state index in [4.69, 9.17) is 4.74 Å². The second kappa shape index (κ2) is 7.14. The molecule has 0 heterocycles. The van der Waals surface area contributed by atoms with Crippen LogP contribution >= 0.6 is 31.9 Å². The monoisotopic (exact) mass is 397 g/mol. The standard InChI is InChI=1S/C16H17Br2NO/c1-3-15(11-4-6-12(17)7-5-11)19-13-8-9-14(18)16(10-13)20-2/h4-10,15,19H,3H2,1-2H3. The molecule has 0 aliphatic carbocycles.